The number of esters is 2. The second-order valence-electron chi connectivity index (χ2n) is 5.70. The van der Waals surface area contributed by atoms with Crippen molar-refractivity contribution in [2.24, 2.45) is 11.3 Å². The summed E-state index contributed by atoms with van der Waals surface area (Å²) in [5.41, 5.74) is -0.329. The molecule has 104 valence electrons. The summed E-state index contributed by atoms with van der Waals surface area (Å²) < 4.78 is 10.6. The van der Waals surface area contributed by atoms with Gasteiger partial charge in [-0.05, 0) is 5.56 Å². The maximum atomic E-state index is 12.4. The molecule has 0 aromatic heterocycles. The first-order valence-electron chi connectivity index (χ1n) is 6.58. The standard InChI is InChI=1S/C16H16O4/c1-4-11-12(10-8-6-5-7-9-10)16(11)13(17)19-15(2,3)20-14(16)18/h4-9,11-12H,1H2,2-3H3/t11-,12-/m0/s1. The second kappa shape index (κ2) is 3.95. The highest BCUT2D eigenvalue weighted by Gasteiger charge is 2.78. The van der Waals surface area contributed by atoms with Gasteiger partial charge in [0.05, 0.1) is 0 Å². The van der Waals surface area contributed by atoms with Crippen LogP contribution in [-0.2, 0) is 19.1 Å². The number of benzene rings is 1. The third-order valence-electron chi connectivity index (χ3n) is 4.03. The summed E-state index contributed by atoms with van der Waals surface area (Å²) in [7, 11) is 0. The SMILES string of the molecule is C=C[C@H]1[C@H](c2ccccc2)C12C(=O)OC(C)(C)OC2=O. The molecule has 1 heterocycles. The van der Waals surface area contributed by atoms with E-state index in [-0.39, 0.29) is 11.8 Å². The zero-order chi connectivity index (χ0) is 14.5. The average Bonchev–Trinajstić information content (AvgIpc) is 3.07. The van der Waals surface area contributed by atoms with Crippen molar-refractivity contribution in [3.63, 3.8) is 0 Å². The Kier molecular flexibility index (Phi) is 2.55. The van der Waals surface area contributed by atoms with Crippen LogP contribution in [0, 0.1) is 11.3 Å². The average molecular weight is 272 g/mol. The minimum absolute atomic E-state index is 0.253. The summed E-state index contributed by atoms with van der Waals surface area (Å²) in [6.07, 6.45) is 1.64. The van der Waals surface area contributed by atoms with Crippen LogP contribution < -0.4 is 0 Å². The largest absolute Gasteiger partial charge is 0.422 e. The minimum Gasteiger partial charge on any atom is -0.422 e. The maximum absolute atomic E-state index is 12.4. The van der Waals surface area contributed by atoms with Crippen LogP contribution in [0.5, 0.6) is 0 Å². The smallest absolute Gasteiger partial charge is 0.328 e. The lowest BCUT2D eigenvalue weighted by Gasteiger charge is -2.33. The molecule has 0 amide bonds. The third kappa shape index (κ3) is 1.54. The van der Waals surface area contributed by atoms with Crippen molar-refractivity contribution >= 4 is 11.9 Å². The Morgan fingerprint density at radius 1 is 1.10 bits per heavy atom. The lowest BCUT2D eigenvalue weighted by atomic mass is 9.97. The lowest BCUT2D eigenvalue weighted by molar-refractivity contribution is -0.243. The van der Waals surface area contributed by atoms with E-state index in [4.69, 9.17) is 9.47 Å². The molecule has 1 aromatic carbocycles. The Bertz CT molecular complexity index is 568. The monoisotopic (exact) mass is 272 g/mol. The Labute approximate surface area is 117 Å². The summed E-state index contributed by atoms with van der Waals surface area (Å²) in [6, 6.07) is 9.45. The number of allylic oxidation sites excluding steroid dienone is 1. The van der Waals surface area contributed by atoms with Crippen molar-refractivity contribution in [1.82, 2.24) is 0 Å². The van der Waals surface area contributed by atoms with Crippen LogP contribution in [0.15, 0.2) is 43.0 Å². The van der Waals surface area contributed by atoms with E-state index in [9.17, 15) is 9.59 Å². The van der Waals surface area contributed by atoms with Gasteiger partial charge in [0, 0.05) is 25.7 Å². The summed E-state index contributed by atoms with van der Waals surface area (Å²) in [5.74, 6) is -2.76. The summed E-state index contributed by atoms with van der Waals surface area (Å²) in [6.45, 7) is 6.85. The maximum Gasteiger partial charge on any atom is 0.328 e. The molecule has 1 saturated carbocycles. The molecule has 4 heteroatoms. The molecule has 1 spiro atoms. The van der Waals surface area contributed by atoms with Gasteiger partial charge in [-0.2, -0.15) is 0 Å². The molecule has 4 nitrogen and oxygen atoms in total. The van der Waals surface area contributed by atoms with Gasteiger partial charge < -0.3 is 9.47 Å². The number of hydrogen-bond donors (Lipinski definition) is 0. The molecular formula is C16H16O4. The molecule has 2 fully saturated rings. The topological polar surface area (TPSA) is 52.6 Å². The molecule has 0 radical (unpaired) electrons. The highest BCUT2D eigenvalue weighted by atomic mass is 16.7. The molecule has 2 atom stereocenters. The molecule has 2 aliphatic rings. The summed E-state index contributed by atoms with van der Waals surface area (Å²) in [5, 5.41) is 0. The van der Waals surface area contributed by atoms with Crippen LogP contribution >= 0.6 is 0 Å². The fourth-order valence-electron chi connectivity index (χ4n) is 3.11. The van der Waals surface area contributed by atoms with Gasteiger partial charge in [0.15, 0.2) is 5.41 Å². The van der Waals surface area contributed by atoms with Crippen molar-refractivity contribution in [3.8, 4) is 0 Å². The zero-order valence-corrected chi connectivity index (χ0v) is 11.5. The number of cyclic esters (lactones) is 2. The van der Waals surface area contributed by atoms with Crippen LogP contribution in [0.1, 0.15) is 25.3 Å². The molecule has 20 heavy (non-hydrogen) atoms. The van der Waals surface area contributed by atoms with Crippen molar-refractivity contribution in [2.45, 2.75) is 25.6 Å². The number of ether oxygens (including phenoxy) is 2. The quantitative estimate of drug-likeness (QED) is 0.471. The van der Waals surface area contributed by atoms with Gasteiger partial charge in [0.1, 0.15) is 0 Å². The summed E-state index contributed by atoms with van der Waals surface area (Å²) >= 11 is 0. The molecule has 1 saturated heterocycles. The lowest BCUT2D eigenvalue weighted by Crippen LogP contribution is -2.48. The van der Waals surface area contributed by atoms with Crippen LogP contribution in [-0.4, -0.2) is 17.7 Å². The van der Waals surface area contributed by atoms with Gasteiger partial charge in [-0.25, -0.2) is 0 Å². The number of carbonyl (C=O) groups is 2. The van der Waals surface area contributed by atoms with Gasteiger partial charge in [-0.15, -0.1) is 6.58 Å². The van der Waals surface area contributed by atoms with Gasteiger partial charge in [-0.3, -0.25) is 9.59 Å². The van der Waals surface area contributed by atoms with Crippen LogP contribution in [0.4, 0.5) is 0 Å². The van der Waals surface area contributed by atoms with E-state index >= 15 is 0 Å². The molecule has 0 N–H and O–H groups in total. The summed E-state index contributed by atoms with van der Waals surface area (Å²) in [4.78, 5) is 24.8. The molecule has 3 rings (SSSR count). The first-order valence-corrected chi connectivity index (χ1v) is 6.58. The predicted octanol–water partition coefficient (Wildman–Crippen LogP) is 2.41. The number of rotatable bonds is 2. The van der Waals surface area contributed by atoms with Gasteiger partial charge in [0.2, 0.25) is 0 Å². The molecule has 0 unspecified atom stereocenters. The van der Waals surface area contributed by atoms with E-state index in [0.717, 1.165) is 5.56 Å². The molecule has 0 bridgehead atoms. The van der Waals surface area contributed by atoms with E-state index in [0.29, 0.717) is 0 Å². The van der Waals surface area contributed by atoms with E-state index < -0.39 is 23.1 Å². The van der Waals surface area contributed by atoms with Crippen molar-refractivity contribution in [2.75, 3.05) is 0 Å². The fraction of sp³-hybridized carbons (Fsp3) is 0.375. The highest BCUT2D eigenvalue weighted by Crippen LogP contribution is 2.68. The van der Waals surface area contributed by atoms with Gasteiger partial charge >= 0.3 is 11.9 Å². The Hall–Kier alpha value is -2.10. The Morgan fingerprint density at radius 2 is 1.65 bits per heavy atom. The first-order chi connectivity index (χ1) is 9.43. The van der Waals surface area contributed by atoms with E-state index in [1.165, 1.54) is 0 Å². The Morgan fingerprint density at radius 3 is 2.15 bits per heavy atom. The predicted molar refractivity (Wildman–Crippen MR) is 71.6 cm³/mol. The van der Waals surface area contributed by atoms with Crippen molar-refractivity contribution < 1.29 is 19.1 Å². The number of hydrogen-bond acceptors (Lipinski definition) is 4. The van der Waals surface area contributed by atoms with Crippen LogP contribution in [0.25, 0.3) is 0 Å². The minimum atomic E-state index is -1.25. The third-order valence-corrected chi connectivity index (χ3v) is 4.03. The molecule has 1 aliphatic carbocycles. The normalized spacial score (nSPS) is 29.5. The van der Waals surface area contributed by atoms with Crippen molar-refractivity contribution in [3.05, 3.63) is 48.6 Å². The van der Waals surface area contributed by atoms with E-state index in [1.54, 1.807) is 19.9 Å². The zero-order valence-electron chi connectivity index (χ0n) is 11.5. The van der Waals surface area contributed by atoms with Gasteiger partial charge in [0.25, 0.3) is 5.79 Å². The number of carbonyl (C=O) groups excluding carboxylic acids is 2. The highest BCUT2D eigenvalue weighted by molar-refractivity contribution is 6.07. The van der Waals surface area contributed by atoms with E-state index in [2.05, 4.69) is 6.58 Å². The second-order valence-corrected chi connectivity index (χ2v) is 5.70. The fourth-order valence-corrected chi connectivity index (χ4v) is 3.11. The molecule has 1 aromatic rings. The van der Waals surface area contributed by atoms with E-state index in [1.807, 2.05) is 30.3 Å². The molecule has 1 aliphatic heterocycles. The Balaban J connectivity index is 2.02. The van der Waals surface area contributed by atoms with Crippen LogP contribution in [0.3, 0.4) is 0 Å². The first kappa shape index (κ1) is 12.9. The van der Waals surface area contributed by atoms with Gasteiger partial charge in [-0.1, -0.05) is 36.4 Å². The van der Waals surface area contributed by atoms with Crippen LogP contribution in [0.2, 0.25) is 0 Å². The molecular weight excluding hydrogens is 256 g/mol. The van der Waals surface area contributed by atoms with Crippen molar-refractivity contribution in [1.29, 1.82) is 0 Å².